The first-order valence-corrected chi connectivity index (χ1v) is 8.28. The molecule has 1 N–H and O–H groups in total. The minimum Gasteiger partial charge on any atom is -0.344 e. The van der Waals surface area contributed by atoms with Gasteiger partial charge < -0.3 is 10.2 Å². The van der Waals surface area contributed by atoms with Gasteiger partial charge in [-0.05, 0) is 24.5 Å². The number of rotatable bonds is 8. The molecule has 0 aliphatic carbocycles. The maximum absolute atomic E-state index is 12.2. The van der Waals surface area contributed by atoms with Gasteiger partial charge in [0.25, 0.3) is 0 Å². The van der Waals surface area contributed by atoms with Crippen LogP contribution in [0.15, 0.2) is 24.3 Å². The molecule has 122 valence electrons. The molecule has 0 spiro atoms. The lowest BCUT2D eigenvalue weighted by Crippen LogP contribution is -2.43. The Morgan fingerprint density at radius 3 is 2.23 bits per heavy atom. The van der Waals surface area contributed by atoms with Gasteiger partial charge >= 0.3 is 11.8 Å². The van der Waals surface area contributed by atoms with E-state index in [2.05, 4.69) is 19.2 Å². The first kappa shape index (κ1) is 18.5. The van der Waals surface area contributed by atoms with Crippen molar-refractivity contribution in [3.05, 3.63) is 34.9 Å². The normalized spacial score (nSPS) is 10.3. The molecule has 0 bridgehead atoms. The van der Waals surface area contributed by atoms with Crippen LogP contribution in [0.1, 0.15) is 45.1 Å². The van der Waals surface area contributed by atoms with Gasteiger partial charge in [-0.1, -0.05) is 56.5 Å². The fourth-order valence-electron chi connectivity index (χ4n) is 2.05. The van der Waals surface area contributed by atoms with E-state index in [-0.39, 0.29) is 6.54 Å². The highest BCUT2D eigenvalue weighted by Gasteiger charge is 2.20. The van der Waals surface area contributed by atoms with Gasteiger partial charge in [-0.25, -0.2) is 0 Å². The average Bonchev–Trinajstić information content (AvgIpc) is 2.53. The van der Waals surface area contributed by atoms with Crippen LogP contribution in [0.2, 0.25) is 5.02 Å². The summed E-state index contributed by atoms with van der Waals surface area (Å²) in [5.74, 6) is -1.01. The molecule has 0 aliphatic heterocycles. The zero-order valence-electron chi connectivity index (χ0n) is 13.4. The summed E-state index contributed by atoms with van der Waals surface area (Å²) in [6.45, 7) is 5.67. The lowest BCUT2D eigenvalue weighted by molar-refractivity contribution is -0.146. The van der Waals surface area contributed by atoms with Gasteiger partial charge in [-0.15, -0.1) is 0 Å². The van der Waals surface area contributed by atoms with Gasteiger partial charge in [-0.3, -0.25) is 9.59 Å². The molecule has 0 heterocycles. The monoisotopic (exact) mass is 324 g/mol. The number of carbonyl (C=O) groups excluding carboxylic acids is 2. The second-order valence-electron chi connectivity index (χ2n) is 5.27. The van der Waals surface area contributed by atoms with Crippen LogP contribution in [0.25, 0.3) is 0 Å². The van der Waals surface area contributed by atoms with Gasteiger partial charge in [0.15, 0.2) is 0 Å². The van der Waals surface area contributed by atoms with E-state index in [1.165, 1.54) is 0 Å². The Balaban J connectivity index is 2.57. The van der Waals surface area contributed by atoms with Crippen molar-refractivity contribution in [3.8, 4) is 0 Å². The Labute approximate surface area is 137 Å². The van der Waals surface area contributed by atoms with Crippen LogP contribution in [0.3, 0.4) is 0 Å². The van der Waals surface area contributed by atoms with Crippen LogP contribution in [0.5, 0.6) is 0 Å². The summed E-state index contributed by atoms with van der Waals surface area (Å²) in [6, 6.07) is 7.28. The van der Waals surface area contributed by atoms with E-state index in [1.807, 2.05) is 18.2 Å². The molecule has 0 unspecified atom stereocenters. The third-order valence-electron chi connectivity index (χ3n) is 3.44. The van der Waals surface area contributed by atoms with E-state index in [0.717, 1.165) is 31.2 Å². The minimum atomic E-state index is -0.563. The highest BCUT2D eigenvalue weighted by Crippen LogP contribution is 2.14. The van der Waals surface area contributed by atoms with E-state index < -0.39 is 11.8 Å². The van der Waals surface area contributed by atoms with E-state index in [1.54, 1.807) is 11.0 Å². The van der Waals surface area contributed by atoms with Crippen LogP contribution in [0.4, 0.5) is 0 Å². The van der Waals surface area contributed by atoms with Crippen molar-refractivity contribution in [2.75, 3.05) is 13.1 Å². The molecule has 0 radical (unpaired) electrons. The van der Waals surface area contributed by atoms with E-state index in [0.29, 0.717) is 18.1 Å². The molecule has 0 saturated carbocycles. The molecule has 4 nitrogen and oxygen atoms in total. The number of carbonyl (C=O) groups is 2. The SMILES string of the molecule is CCCCN(CCCC)C(=O)C(=O)NCc1ccccc1Cl. The zero-order chi connectivity index (χ0) is 16.4. The van der Waals surface area contributed by atoms with E-state index in [9.17, 15) is 9.59 Å². The van der Waals surface area contributed by atoms with Crippen molar-refractivity contribution in [1.82, 2.24) is 10.2 Å². The van der Waals surface area contributed by atoms with Crippen molar-refractivity contribution in [2.45, 2.75) is 46.1 Å². The zero-order valence-corrected chi connectivity index (χ0v) is 14.2. The smallest absolute Gasteiger partial charge is 0.311 e. The minimum absolute atomic E-state index is 0.264. The molecule has 1 aromatic carbocycles. The quantitative estimate of drug-likeness (QED) is 0.745. The second-order valence-corrected chi connectivity index (χ2v) is 5.68. The molecular formula is C17H25ClN2O2. The molecule has 5 heteroatoms. The topological polar surface area (TPSA) is 49.4 Å². The predicted octanol–water partition coefficient (Wildman–Crippen LogP) is 3.39. The average molecular weight is 325 g/mol. The maximum atomic E-state index is 12.2. The van der Waals surface area contributed by atoms with Gasteiger partial charge in [0.2, 0.25) is 0 Å². The number of amides is 2. The largest absolute Gasteiger partial charge is 0.344 e. The maximum Gasteiger partial charge on any atom is 0.311 e. The molecule has 22 heavy (non-hydrogen) atoms. The number of nitrogens with zero attached hydrogens (tertiary/aromatic N) is 1. The second kappa shape index (κ2) is 10.2. The van der Waals surface area contributed by atoms with Gasteiger partial charge in [0.1, 0.15) is 0 Å². The summed E-state index contributed by atoms with van der Waals surface area (Å²) in [6.07, 6.45) is 3.81. The number of hydrogen-bond acceptors (Lipinski definition) is 2. The fraction of sp³-hybridized carbons (Fsp3) is 0.529. The Morgan fingerprint density at radius 2 is 1.68 bits per heavy atom. The lowest BCUT2D eigenvalue weighted by atomic mass is 10.2. The molecule has 0 fully saturated rings. The summed E-state index contributed by atoms with van der Waals surface area (Å²) in [4.78, 5) is 25.9. The van der Waals surface area contributed by atoms with Crippen molar-refractivity contribution < 1.29 is 9.59 Å². The van der Waals surface area contributed by atoms with Gasteiger partial charge in [0.05, 0.1) is 0 Å². The Hall–Kier alpha value is -1.55. The summed E-state index contributed by atoms with van der Waals surface area (Å²) in [7, 11) is 0. The molecule has 0 aliphatic rings. The summed E-state index contributed by atoms with van der Waals surface area (Å²) >= 11 is 6.04. The summed E-state index contributed by atoms with van der Waals surface area (Å²) in [5.41, 5.74) is 0.805. The number of hydrogen-bond donors (Lipinski definition) is 1. The van der Waals surface area contributed by atoms with Crippen molar-refractivity contribution in [3.63, 3.8) is 0 Å². The number of nitrogens with one attached hydrogen (secondary N) is 1. The molecule has 0 atom stereocenters. The standard InChI is InChI=1S/C17H25ClN2O2/c1-3-5-11-20(12-6-4-2)17(22)16(21)19-13-14-9-7-8-10-15(14)18/h7-10H,3-6,11-13H2,1-2H3,(H,19,21). The molecule has 0 saturated heterocycles. The van der Waals surface area contributed by atoms with Crippen LogP contribution in [0, 0.1) is 0 Å². The number of unbranched alkanes of at least 4 members (excludes halogenated alkanes) is 2. The Bertz CT molecular complexity index is 483. The van der Waals surface area contributed by atoms with Crippen molar-refractivity contribution in [1.29, 1.82) is 0 Å². The number of halogens is 1. The van der Waals surface area contributed by atoms with Crippen molar-refractivity contribution >= 4 is 23.4 Å². The van der Waals surface area contributed by atoms with Gasteiger partial charge in [-0.2, -0.15) is 0 Å². The van der Waals surface area contributed by atoms with Crippen LogP contribution in [-0.4, -0.2) is 29.8 Å². The van der Waals surface area contributed by atoms with Crippen LogP contribution >= 0.6 is 11.6 Å². The van der Waals surface area contributed by atoms with Crippen LogP contribution < -0.4 is 5.32 Å². The van der Waals surface area contributed by atoms with Crippen molar-refractivity contribution in [2.24, 2.45) is 0 Å². The predicted molar refractivity (Wildman–Crippen MR) is 89.7 cm³/mol. The van der Waals surface area contributed by atoms with E-state index >= 15 is 0 Å². The Morgan fingerprint density at radius 1 is 1.09 bits per heavy atom. The first-order chi connectivity index (χ1) is 10.6. The molecular weight excluding hydrogens is 300 g/mol. The third kappa shape index (κ3) is 6.06. The summed E-state index contributed by atoms with van der Waals surface area (Å²) < 4.78 is 0. The highest BCUT2D eigenvalue weighted by atomic mass is 35.5. The first-order valence-electron chi connectivity index (χ1n) is 7.90. The molecule has 2 amide bonds. The molecule has 1 rings (SSSR count). The summed E-state index contributed by atoms with van der Waals surface area (Å²) in [5, 5.41) is 3.25. The number of benzene rings is 1. The third-order valence-corrected chi connectivity index (χ3v) is 3.81. The van der Waals surface area contributed by atoms with Crippen LogP contribution in [-0.2, 0) is 16.1 Å². The highest BCUT2D eigenvalue weighted by molar-refractivity contribution is 6.35. The van der Waals surface area contributed by atoms with E-state index in [4.69, 9.17) is 11.6 Å². The molecule has 1 aromatic rings. The lowest BCUT2D eigenvalue weighted by Gasteiger charge is -2.21. The van der Waals surface area contributed by atoms with Gasteiger partial charge in [0, 0.05) is 24.7 Å². The molecule has 0 aromatic heterocycles. The Kier molecular flexibility index (Phi) is 8.60. The fourth-order valence-corrected chi connectivity index (χ4v) is 2.25.